The lowest BCUT2D eigenvalue weighted by Crippen LogP contribution is -2.35. The van der Waals surface area contributed by atoms with Crippen molar-refractivity contribution in [3.63, 3.8) is 0 Å². The number of benzene rings is 2. The van der Waals surface area contributed by atoms with Gasteiger partial charge in [0.2, 0.25) is 5.88 Å². The zero-order valence-electron chi connectivity index (χ0n) is 21.7. The van der Waals surface area contributed by atoms with Gasteiger partial charge in [0.1, 0.15) is 0 Å². The molecule has 9 heteroatoms. The second kappa shape index (κ2) is 12.3. The molecule has 0 spiro atoms. The Morgan fingerprint density at radius 1 is 0.947 bits per heavy atom. The molecular weight excluding hydrogens is 484 g/mol. The van der Waals surface area contributed by atoms with Gasteiger partial charge in [-0.3, -0.25) is 14.5 Å². The van der Waals surface area contributed by atoms with Crippen LogP contribution in [0.3, 0.4) is 0 Å². The number of pyridine rings is 1. The lowest BCUT2D eigenvalue weighted by atomic mass is 9.98. The van der Waals surface area contributed by atoms with Gasteiger partial charge >= 0.3 is 0 Å². The molecule has 0 saturated carbocycles. The van der Waals surface area contributed by atoms with E-state index in [0.717, 1.165) is 56.5 Å². The fraction of sp³-hybridized carbons (Fsp3) is 0.414. The quantitative estimate of drug-likeness (QED) is 0.471. The van der Waals surface area contributed by atoms with Crippen LogP contribution in [0.25, 0.3) is 10.8 Å². The van der Waals surface area contributed by atoms with Gasteiger partial charge in [-0.05, 0) is 47.2 Å². The van der Waals surface area contributed by atoms with Crippen LogP contribution in [0.1, 0.15) is 39.3 Å². The van der Waals surface area contributed by atoms with Gasteiger partial charge in [0.05, 0.1) is 26.0 Å². The number of hydrogen-bond acceptors (Lipinski definition) is 7. The first-order valence-corrected chi connectivity index (χ1v) is 13.2. The van der Waals surface area contributed by atoms with Crippen LogP contribution >= 0.6 is 0 Å². The van der Waals surface area contributed by atoms with Crippen molar-refractivity contribution in [3.8, 4) is 5.88 Å². The normalized spacial score (nSPS) is 16.8. The number of methoxy groups -OCH3 is 1. The van der Waals surface area contributed by atoms with Crippen LogP contribution in [0.4, 0.5) is 5.69 Å². The van der Waals surface area contributed by atoms with Gasteiger partial charge < -0.3 is 24.8 Å². The predicted octanol–water partition coefficient (Wildman–Crippen LogP) is 3.48. The number of carbonyl (C=O) groups excluding carboxylic acids is 2. The van der Waals surface area contributed by atoms with Crippen LogP contribution in [0.15, 0.2) is 48.5 Å². The van der Waals surface area contributed by atoms with E-state index in [1.54, 1.807) is 12.1 Å². The number of carbonyl (C=O) groups is 2. The minimum Gasteiger partial charge on any atom is -0.481 e. The topological polar surface area (TPSA) is 102 Å². The molecule has 2 aliphatic rings. The third-order valence-corrected chi connectivity index (χ3v) is 7.19. The summed E-state index contributed by atoms with van der Waals surface area (Å²) in [4.78, 5) is 33.4. The Bertz CT molecular complexity index is 1290. The summed E-state index contributed by atoms with van der Waals surface area (Å²) in [5.41, 5.74) is 2.16. The Labute approximate surface area is 222 Å². The maximum Gasteiger partial charge on any atom is 0.272 e. The second-order valence-electron chi connectivity index (χ2n) is 9.68. The molecule has 2 saturated heterocycles. The molecule has 38 heavy (non-hydrogen) atoms. The van der Waals surface area contributed by atoms with Crippen molar-refractivity contribution in [1.82, 2.24) is 15.2 Å². The Morgan fingerprint density at radius 2 is 1.68 bits per heavy atom. The molecule has 0 unspecified atom stereocenters. The number of morpholine rings is 1. The molecule has 9 nitrogen and oxygen atoms in total. The fourth-order valence-corrected chi connectivity index (χ4v) is 4.99. The molecule has 5 rings (SSSR count). The van der Waals surface area contributed by atoms with Crippen molar-refractivity contribution >= 4 is 28.3 Å². The third kappa shape index (κ3) is 6.12. The summed E-state index contributed by atoms with van der Waals surface area (Å²) in [6, 6.07) is 15.1. The van der Waals surface area contributed by atoms with Crippen molar-refractivity contribution in [3.05, 3.63) is 65.4 Å². The van der Waals surface area contributed by atoms with E-state index in [1.807, 2.05) is 36.4 Å². The molecular formula is C29H34N4O5. The van der Waals surface area contributed by atoms with E-state index in [9.17, 15) is 9.59 Å². The third-order valence-electron chi connectivity index (χ3n) is 7.19. The number of ether oxygens (including phenoxy) is 3. The van der Waals surface area contributed by atoms with Crippen LogP contribution in [0.5, 0.6) is 5.88 Å². The van der Waals surface area contributed by atoms with Gasteiger partial charge in [0.25, 0.3) is 11.8 Å². The van der Waals surface area contributed by atoms with E-state index in [1.165, 1.54) is 12.7 Å². The SMILES string of the molecule is COc1ccc(NC(=O)c2ccc(CN3CCOCC3)c3ccccc23)c(C(=O)NCC2CCOCC2)n1. The van der Waals surface area contributed by atoms with Gasteiger partial charge in [-0.25, -0.2) is 4.98 Å². The molecule has 0 radical (unpaired) electrons. The molecule has 200 valence electrons. The number of aromatic nitrogens is 1. The van der Waals surface area contributed by atoms with Crippen LogP contribution < -0.4 is 15.4 Å². The fourth-order valence-electron chi connectivity index (χ4n) is 4.99. The van der Waals surface area contributed by atoms with Crippen LogP contribution in [0.2, 0.25) is 0 Å². The number of anilines is 1. The standard InChI is InChI=1S/C29H34N4O5/c1-36-26-9-8-25(27(32-26)29(35)30-18-20-10-14-37-15-11-20)31-28(34)24-7-6-21(19-33-12-16-38-17-13-33)22-4-2-3-5-23(22)24/h2-9,20H,10-19H2,1H3,(H,30,35)(H,31,34). The van der Waals surface area contributed by atoms with E-state index in [2.05, 4.69) is 20.5 Å². The van der Waals surface area contributed by atoms with E-state index in [4.69, 9.17) is 14.2 Å². The average molecular weight is 519 g/mol. The Morgan fingerprint density at radius 3 is 2.45 bits per heavy atom. The molecule has 2 aliphatic heterocycles. The number of nitrogens with one attached hydrogen (secondary N) is 2. The monoisotopic (exact) mass is 518 g/mol. The van der Waals surface area contributed by atoms with Crippen molar-refractivity contribution in [1.29, 1.82) is 0 Å². The van der Waals surface area contributed by atoms with E-state index in [0.29, 0.717) is 42.8 Å². The first kappa shape index (κ1) is 26.1. The molecule has 1 aromatic heterocycles. The summed E-state index contributed by atoms with van der Waals surface area (Å²) >= 11 is 0. The minimum atomic E-state index is -0.351. The van der Waals surface area contributed by atoms with E-state index >= 15 is 0 Å². The molecule has 2 fully saturated rings. The predicted molar refractivity (Wildman–Crippen MR) is 145 cm³/mol. The van der Waals surface area contributed by atoms with Gasteiger partial charge in [0, 0.05) is 51.0 Å². The summed E-state index contributed by atoms with van der Waals surface area (Å²) in [7, 11) is 1.49. The molecule has 0 aliphatic carbocycles. The maximum atomic E-state index is 13.5. The molecule has 2 N–H and O–H groups in total. The first-order chi connectivity index (χ1) is 18.6. The summed E-state index contributed by atoms with van der Waals surface area (Å²) in [6.45, 7) is 5.99. The highest BCUT2D eigenvalue weighted by Crippen LogP contribution is 2.26. The number of amides is 2. The second-order valence-corrected chi connectivity index (χ2v) is 9.68. The zero-order valence-corrected chi connectivity index (χ0v) is 21.7. The van der Waals surface area contributed by atoms with Crippen molar-refractivity contribution in [2.45, 2.75) is 19.4 Å². The maximum absolute atomic E-state index is 13.5. The summed E-state index contributed by atoms with van der Waals surface area (Å²) in [6.07, 6.45) is 1.81. The number of hydrogen-bond donors (Lipinski definition) is 2. The van der Waals surface area contributed by atoms with Crippen molar-refractivity contribution in [2.75, 3.05) is 58.5 Å². The number of fused-ring (bicyclic) bond motifs is 1. The Balaban J connectivity index is 1.36. The molecule has 2 aromatic carbocycles. The molecule has 0 atom stereocenters. The van der Waals surface area contributed by atoms with Crippen LogP contribution in [-0.4, -0.2) is 74.9 Å². The minimum absolute atomic E-state index is 0.123. The first-order valence-electron chi connectivity index (χ1n) is 13.2. The lowest BCUT2D eigenvalue weighted by Gasteiger charge is -2.27. The zero-order chi connectivity index (χ0) is 26.3. The molecule has 0 bridgehead atoms. The highest BCUT2D eigenvalue weighted by atomic mass is 16.5. The van der Waals surface area contributed by atoms with Gasteiger partial charge in [-0.1, -0.05) is 30.3 Å². The van der Waals surface area contributed by atoms with E-state index in [-0.39, 0.29) is 17.5 Å². The lowest BCUT2D eigenvalue weighted by molar-refractivity contribution is 0.0343. The average Bonchev–Trinajstić information content (AvgIpc) is 2.97. The number of nitrogens with zero attached hydrogens (tertiary/aromatic N) is 2. The Kier molecular flexibility index (Phi) is 8.47. The largest absolute Gasteiger partial charge is 0.481 e. The highest BCUT2D eigenvalue weighted by Gasteiger charge is 2.21. The summed E-state index contributed by atoms with van der Waals surface area (Å²) in [5.74, 6) is 0.0109. The van der Waals surface area contributed by atoms with Crippen molar-refractivity contribution in [2.24, 2.45) is 5.92 Å². The summed E-state index contributed by atoms with van der Waals surface area (Å²) < 4.78 is 16.1. The van der Waals surface area contributed by atoms with E-state index < -0.39 is 0 Å². The smallest absolute Gasteiger partial charge is 0.272 e. The van der Waals surface area contributed by atoms with Crippen LogP contribution in [-0.2, 0) is 16.0 Å². The van der Waals surface area contributed by atoms with Gasteiger partial charge in [-0.2, -0.15) is 0 Å². The highest BCUT2D eigenvalue weighted by molar-refractivity contribution is 6.15. The van der Waals surface area contributed by atoms with Gasteiger partial charge in [0.15, 0.2) is 5.69 Å². The number of rotatable bonds is 8. The van der Waals surface area contributed by atoms with Gasteiger partial charge in [-0.15, -0.1) is 0 Å². The Hall–Kier alpha value is -3.53. The molecule has 2 amide bonds. The van der Waals surface area contributed by atoms with Crippen molar-refractivity contribution < 1.29 is 23.8 Å². The molecule has 3 aromatic rings. The van der Waals surface area contributed by atoms with Crippen LogP contribution in [0, 0.1) is 5.92 Å². The molecule has 3 heterocycles. The summed E-state index contributed by atoms with van der Waals surface area (Å²) in [5, 5.41) is 7.80.